The van der Waals surface area contributed by atoms with E-state index in [0.29, 0.717) is 13.2 Å². The maximum absolute atomic E-state index is 12.2. The standard InChI is InChI=1S/C11H16N2O3/c1-10(2)15-6-11(3,7-16-10)9(14)13-5-4-12-8-13/h4-5,8H,6-7H2,1-3H3. The second kappa shape index (κ2) is 3.68. The Hall–Kier alpha value is -1.20. The van der Waals surface area contributed by atoms with Crippen molar-refractivity contribution in [1.29, 1.82) is 0 Å². The van der Waals surface area contributed by atoms with Gasteiger partial charge in [0.05, 0.1) is 18.6 Å². The zero-order valence-electron chi connectivity index (χ0n) is 9.77. The molecular formula is C11H16N2O3. The van der Waals surface area contributed by atoms with Crippen LogP contribution in [0, 0.1) is 5.41 Å². The first-order valence-electron chi connectivity index (χ1n) is 5.24. The molecule has 16 heavy (non-hydrogen) atoms. The Bertz CT molecular complexity index is 374. The van der Waals surface area contributed by atoms with Crippen molar-refractivity contribution in [3.63, 3.8) is 0 Å². The summed E-state index contributed by atoms with van der Waals surface area (Å²) < 4.78 is 12.5. The summed E-state index contributed by atoms with van der Waals surface area (Å²) >= 11 is 0. The molecule has 1 aliphatic rings. The average molecular weight is 224 g/mol. The minimum atomic E-state index is -0.643. The van der Waals surface area contributed by atoms with Crippen LogP contribution in [0.1, 0.15) is 25.6 Å². The van der Waals surface area contributed by atoms with Crippen molar-refractivity contribution in [2.24, 2.45) is 5.41 Å². The van der Waals surface area contributed by atoms with Crippen molar-refractivity contribution >= 4 is 5.91 Å². The van der Waals surface area contributed by atoms with E-state index in [1.807, 2.05) is 20.8 Å². The van der Waals surface area contributed by atoms with Crippen LogP contribution in [0.2, 0.25) is 0 Å². The van der Waals surface area contributed by atoms with Gasteiger partial charge in [0, 0.05) is 12.4 Å². The molecule has 0 saturated carbocycles. The summed E-state index contributed by atoms with van der Waals surface area (Å²) in [7, 11) is 0. The van der Waals surface area contributed by atoms with E-state index in [1.165, 1.54) is 10.9 Å². The lowest BCUT2D eigenvalue weighted by Gasteiger charge is -2.40. The summed E-state index contributed by atoms with van der Waals surface area (Å²) in [5.74, 6) is -0.658. The highest BCUT2D eigenvalue weighted by Crippen LogP contribution is 2.30. The Balaban J connectivity index is 2.13. The Kier molecular flexibility index (Phi) is 2.59. The van der Waals surface area contributed by atoms with E-state index in [2.05, 4.69) is 4.98 Å². The summed E-state index contributed by atoms with van der Waals surface area (Å²) in [4.78, 5) is 16.0. The molecule has 1 aliphatic heterocycles. The van der Waals surface area contributed by atoms with E-state index in [4.69, 9.17) is 9.47 Å². The SMILES string of the molecule is CC1(C)OCC(C)(C(=O)n2ccnc2)CO1. The number of hydrogen-bond donors (Lipinski definition) is 0. The molecule has 2 rings (SSSR count). The third kappa shape index (κ3) is 2.01. The van der Waals surface area contributed by atoms with Gasteiger partial charge in [0.1, 0.15) is 6.33 Å². The summed E-state index contributed by atoms with van der Waals surface area (Å²) in [5.41, 5.74) is -0.643. The predicted octanol–water partition coefficient (Wildman–Crippen LogP) is 1.31. The third-order valence-electron chi connectivity index (χ3n) is 2.73. The highest BCUT2D eigenvalue weighted by molar-refractivity contribution is 5.84. The molecule has 0 amide bonds. The molecule has 0 spiro atoms. The molecule has 88 valence electrons. The fourth-order valence-corrected chi connectivity index (χ4v) is 1.56. The van der Waals surface area contributed by atoms with E-state index in [9.17, 15) is 4.79 Å². The van der Waals surface area contributed by atoms with Gasteiger partial charge in [0.25, 0.3) is 0 Å². The minimum absolute atomic E-state index is 0.0551. The van der Waals surface area contributed by atoms with Gasteiger partial charge in [0.15, 0.2) is 5.79 Å². The van der Waals surface area contributed by atoms with Crippen molar-refractivity contribution in [1.82, 2.24) is 9.55 Å². The van der Waals surface area contributed by atoms with Crippen molar-refractivity contribution in [2.45, 2.75) is 26.6 Å². The molecule has 1 aromatic heterocycles. The highest BCUT2D eigenvalue weighted by Gasteiger charge is 2.42. The number of carbonyl (C=O) groups excluding carboxylic acids is 1. The van der Waals surface area contributed by atoms with Gasteiger partial charge in [-0.15, -0.1) is 0 Å². The molecule has 0 radical (unpaired) electrons. The van der Waals surface area contributed by atoms with Crippen molar-refractivity contribution < 1.29 is 14.3 Å². The first kappa shape index (κ1) is 11.3. The maximum Gasteiger partial charge on any atom is 0.242 e. The summed E-state index contributed by atoms with van der Waals surface area (Å²) in [6.07, 6.45) is 4.70. The van der Waals surface area contributed by atoms with Gasteiger partial charge >= 0.3 is 0 Å². The quantitative estimate of drug-likeness (QED) is 0.721. The minimum Gasteiger partial charge on any atom is -0.349 e. The van der Waals surface area contributed by atoms with Crippen LogP contribution in [0.4, 0.5) is 0 Å². The Morgan fingerprint density at radius 3 is 2.44 bits per heavy atom. The molecule has 0 bridgehead atoms. The molecule has 2 heterocycles. The first-order chi connectivity index (χ1) is 7.43. The number of aromatic nitrogens is 2. The highest BCUT2D eigenvalue weighted by atomic mass is 16.7. The van der Waals surface area contributed by atoms with Crippen LogP contribution in [0.15, 0.2) is 18.7 Å². The molecule has 0 atom stereocenters. The lowest BCUT2D eigenvalue weighted by atomic mass is 9.90. The predicted molar refractivity (Wildman–Crippen MR) is 56.9 cm³/mol. The Morgan fingerprint density at radius 1 is 1.31 bits per heavy atom. The number of ether oxygens (including phenoxy) is 2. The van der Waals surface area contributed by atoms with Gasteiger partial charge in [-0.05, 0) is 20.8 Å². The molecule has 1 aromatic rings. The average Bonchev–Trinajstić information content (AvgIpc) is 2.75. The first-order valence-corrected chi connectivity index (χ1v) is 5.24. The molecule has 0 aliphatic carbocycles. The number of imidazole rings is 1. The van der Waals surface area contributed by atoms with Crippen LogP contribution in [-0.2, 0) is 9.47 Å². The summed E-state index contributed by atoms with van der Waals surface area (Å²) in [6.45, 7) is 6.24. The zero-order valence-corrected chi connectivity index (χ0v) is 9.77. The summed E-state index contributed by atoms with van der Waals surface area (Å²) in [5, 5.41) is 0. The smallest absolute Gasteiger partial charge is 0.242 e. The Morgan fingerprint density at radius 2 is 1.94 bits per heavy atom. The van der Waals surface area contributed by atoms with Crippen LogP contribution in [-0.4, -0.2) is 34.5 Å². The normalized spacial score (nSPS) is 22.9. The third-order valence-corrected chi connectivity index (χ3v) is 2.73. The van der Waals surface area contributed by atoms with Crippen molar-refractivity contribution in [2.75, 3.05) is 13.2 Å². The lowest BCUT2D eigenvalue weighted by Crippen LogP contribution is -2.50. The van der Waals surface area contributed by atoms with Crippen molar-refractivity contribution in [3.8, 4) is 0 Å². The largest absolute Gasteiger partial charge is 0.349 e. The Labute approximate surface area is 94.4 Å². The maximum atomic E-state index is 12.2. The van der Waals surface area contributed by atoms with Gasteiger partial charge in [-0.2, -0.15) is 0 Å². The van der Waals surface area contributed by atoms with Gasteiger partial charge in [0.2, 0.25) is 5.91 Å². The zero-order chi connectivity index (χ0) is 11.8. The molecule has 0 unspecified atom stereocenters. The van der Waals surface area contributed by atoms with Crippen LogP contribution in [0.3, 0.4) is 0 Å². The fraction of sp³-hybridized carbons (Fsp3) is 0.636. The number of nitrogens with zero attached hydrogens (tertiary/aromatic N) is 2. The molecular weight excluding hydrogens is 208 g/mol. The summed E-state index contributed by atoms with van der Waals surface area (Å²) in [6, 6.07) is 0. The van der Waals surface area contributed by atoms with Gasteiger partial charge < -0.3 is 9.47 Å². The lowest BCUT2D eigenvalue weighted by molar-refractivity contribution is -0.273. The van der Waals surface area contributed by atoms with E-state index in [0.717, 1.165) is 0 Å². The number of hydrogen-bond acceptors (Lipinski definition) is 4. The van der Waals surface area contributed by atoms with Crippen LogP contribution < -0.4 is 0 Å². The number of rotatable bonds is 1. The van der Waals surface area contributed by atoms with Crippen LogP contribution >= 0.6 is 0 Å². The van der Waals surface area contributed by atoms with E-state index in [1.54, 1.807) is 12.4 Å². The second-order valence-electron chi connectivity index (χ2n) is 4.81. The van der Waals surface area contributed by atoms with Gasteiger partial charge in [-0.1, -0.05) is 0 Å². The fourth-order valence-electron chi connectivity index (χ4n) is 1.56. The van der Waals surface area contributed by atoms with Gasteiger partial charge in [-0.25, -0.2) is 4.98 Å². The molecule has 0 N–H and O–H groups in total. The van der Waals surface area contributed by atoms with Crippen LogP contribution in [0.5, 0.6) is 0 Å². The monoisotopic (exact) mass is 224 g/mol. The number of carbonyl (C=O) groups is 1. The molecule has 1 fully saturated rings. The molecule has 5 heteroatoms. The second-order valence-corrected chi connectivity index (χ2v) is 4.81. The van der Waals surface area contributed by atoms with E-state index < -0.39 is 11.2 Å². The van der Waals surface area contributed by atoms with Crippen molar-refractivity contribution in [3.05, 3.63) is 18.7 Å². The van der Waals surface area contributed by atoms with E-state index in [-0.39, 0.29) is 5.91 Å². The van der Waals surface area contributed by atoms with Crippen LogP contribution in [0.25, 0.3) is 0 Å². The van der Waals surface area contributed by atoms with Gasteiger partial charge in [-0.3, -0.25) is 9.36 Å². The molecule has 0 aromatic carbocycles. The van der Waals surface area contributed by atoms with E-state index >= 15 is 0 Å². The topological polar surface area (TPSA) is 53.4 Å². The molecule has 1 saturated heterocycles. The molecule has 5 nitrogen and oxygen atoms in total.